The number of para-hydroxylation sites is 2. The van der Waals surface area contributed by atoms with Crippen LogP contribution in [-0.2, 0) is 16.0 Å². The summed E-state index contributed by atoms with van der Waals surface area (Å²) in [5.41, 5.74) is 7.71. The third-order valence-electron chi connectivity index (χ3n) is 4.75. The minimum absolute atomic E-state index is 0.0638. The van der Waals surface area contributed by atoms with Gasteiger partial charge in [-0.25, -0.2) is 4.98 Å². The molecule has 0 saturated heterocycles. The lowest BCUT2D eigenvalue weighted by Gasteiger charge is -2.22. The Labute approximate surface area is 158 Å². The molecular weight excluding hydrogens is 340 g/mol. The minimum Gasteiger partial charge on any atom is -0.342 e. The Morgan fingerprint density at radius 2 is 1.74 bits per heavy atom. The van der Waals surface area contributed by atoms with E-state index in [9.17, 15) is 9.59 Å². The Kier molecular flexibility index (Phi) is 5.86. The number of rotatable bonds is 6. The Morgan fingerprint density at radius 3 is 2.44 bits per heavy atom. The predicted octanol–water partition coefficient (Wildman–Crippen LogP) is 3.08. The molecule has 2 aromatic carbocycles. The molecule has 0 radical (unpaired) electrons. The molecule has 0 bridgehead atoms. The molecule has 1 aromatic heterocycles. The van der Waals surface area contributed by atoms with Gasteiger partial charge in [-0.3, -0.25) is 20.4 Å². The van der Waals surface area contributed by atoms with Crippen molar-refractivity contribution in [1.29, 1.82) is 0 Å². The van der Waals surface area contributed by atoms with Gasteiger partial charge in [-0.2, -0.15) is 0 Å². The van der Waals surface area contributed by atoms with Crippen LogP contribution in [0.1, 0.15) is 37.6 Å². The highest BCUT2D eigenvalue weighted by Gasteiger charge is 2.26. The highest BCUT2D eigenvalue weighted by Crippen LogP contribution is 2.26. The number of hydrogen-bond donors (Lipinski definition) is 3. The molecule has 0 fully saturated rings. The molecule has 3 rings (SSSR count). The summed E-state index contributed by atoms with van der Waals surface area (Å²) in [4.78, 5) is 32.4. The number of hydrogen-bond acceptors (Lipinski definition) is 3. The van der Waals surface area contributed by atoms with Crippen molar-refractivity contribution >= 4 is 22.8 Å². The van der Waals surface area contributed by atoms with Crippen molar-refractivity contribution in [1.82, 2.24) is 20.8 Å². The summed E-state index contributed by atoms with van der Waals surface area (Å²) in [6, 6.07) is 17.2. The number of benzene rings is 2. The van der Waals surface area contributed by atoms with Crippen molar-refractivity contribution in [3.05, 3.63) is 66.0 Å². The summed E-state index contributed by atoms with van der Waals surface area (Å²) in [5.74, 6) is -0.140. The fraction of sp³-hybridized carbons (Fsp3) is 0.286. The van der Waals surface area contributed by atoms with Crippen LogP contribution in [0.3, 0.4) is 0 Å². The van der Waals surface area contributed by atoms with Crippen LogP contribution in [-0.4, -0.2) is 21.8 Å². The van der Waals surface area contributed by atoms with Crippen LogP contribution in [0.15, 0.2) is 54.6 Å². The zero-order valence-corrected chi connectivity index (χ0v) is 15.5. The summed E-state index contributed by atoms with van der Waals surface area (Å²) in [5, 5.41) is 0. The van der Waals surface area contributed by atoms with E-state index in [-0.39, 0.29) is 30.1 Å². The Balaban J connectivity index is 1.61. The number of carbonyl (C=O) groups is 2. The van der Waals surface area contributed by atoms with E-state index >= 15 is 0 Å². The third kappa shape index (κ3) is 4.53. The van der Waals surface area contributed by atoms with Gasteiger partial charge in [0, 0.05) is 0 Å². The molecule has 6 nitrogen and oxygen atoms in total. The quantitative estimate of drug-likeness (QED) is 0.588. The van der Waals surface area contributed by atoms with Gasteiger partial charge < -0.3 is 4.98 Å². The van der Waals surface area contributed by atoms with Crippen LogP contribution in [0.4, 0.5) is 0 Å². The smallest absolute Gasteiger partial charge is 0.246 e. The molecule has 0 aliphatic carbocycles. The molecule has 2 atom stereocenters. The average molecular weight is 364 g/mol. The number of aromatic nitrogens is 2. The van der Waals surface area contributed by atoms with Crippen molar-refractivity contribution in [3.63, 3.8) is 0 Å². The number of nitrogens with zero attached hydrogens (tertiary/aromatic N) is 1. The van der Waals surface area contributed by atoms with Gasteiger partial charge in [0.25, 0.3) is 0 Å². The van der Waals surface area contributed by atoms with Gasteiger partial charge in [-0.05, 0) is 23.6 Å². The monoisotopic (exact) mass is 364 g/mol. The van der Waals surface area contributed by atoms with Crippen molar-refractivity contribution in [2.75, 3.05) is 0 Å². The van der Waals surface area contributed by atoms with Crippen molar-refractivity contribution in [2.24, 2.45) is 5.92 Å². The number of fused-ring (bicyclic) bond motifs is 1. The molecule has 27 heavy (non-hydrogen) atoms. The van der Waals surface area contributed by atoms with Gasteiger partial charge >= 0.3 is 0 Å². The minimum atomic E-state index is -0.321. The van der Waals surface area contributed by atoms with Crippen molar-refractivity contribution < 1.29 is 9.59 Å². The third-order valence-corrected chi connectivity index (χ3v) is 4.75. The second-order valence-corrected chi connectivity index (χ2v) is 6.69. The second-order valence-electron chi connectivity index (χ2n) is 6.69. The number of amides is 2. The van der Waals surface area contributed by atoms with E-state index in [1.54, 1.807) is 0 Å². The molecule has 6 heteroatoms. The fourth-order valence-corrected chi connectivity index (χ4v) is 3.13. The zero-order chi connectivity index (χ0) is 19.2. The van der Waals surface area contributed by atoms with E-state index < -0.39 is 0 Å². The van der Waals surface area contributed by atoms with Crippen molar-refractivity contribution in [3.8, 4) is 0 Å². The molecule has 1 heterocycles. The molecule has 0 saturated carbocycles. The normalized spacial score (nSPS) is 13.1. The summed E-state index contributed by atoms with van der Waals surface area (Å²) < 4.78 is 0. The largest absolute Gasteiger partial charge is 0.342 e. The molecule has 0 spiro atoms. The maximum atomic E-state index is 12.7. The van der Waals surface area contributed by atoms with Crippen LogP contribution in [0, 0.1) is 5.92 Å². The van der Waals surface area contributed by atoms with Crippen LogP contribution in [0.25, 0.3) is 11.0 Å². The average Bonchev–Trinajstić information content (AvgIpc) is 3.09. The lowest BCUT2D eigenvalue weighted by molar-refractivity contribution is -0.130. The number of carbonyl (C=O) groups excluding carboxylic acids is 2. The van der Waals surface area contributed by atoms with Gasteiger partial charge in [-0.1, -0.05) is 62.7 Å². The summed E-state index contributed by atoms with van der Waals surface area (Å²) in [6.45, 7) is 4.08. The molecule has 0 aliphatic heterocycles. The van der Waals surface area contributed by atoms with Gasteiger partial charge in [0.1, 0.15) is 5.82 Å². The van der Waals surface area contributed by atoms with Gasteiger partial charge in [-0.15, -0.1) is 0 Å². The highest BCUT2D eigenvalue weighted by atomic mass is 16.2. The van der Waals surface area contributed by atoms with E-state index in [1.807, 2.05) is 68.4 Å². The highest BCUT2D eigenvalue weighted by molar-refractivity contribution is 5.87. The first-order valence-electron chi connectivity index (χ1n) is 9.15. The molecule has 0 unspecified atom stereocenters. The maximum absolute atomic E-state index is 12.7. The van der Waals surface area contributed by atoms with E-state index in [4.69, 9.17) is 0 Å². The van der Waals surface area contributed by atoms with E-state index in [0.29, 0.717) is 5.82 Å². The lowest BCUT2D eigenvalue weighted by atomic mass is 9.85. The summed E-state index contributed by atoms with van der Waals surface area (Å²) in [7, 11) is 0. The maximum Gasteiger partial charge on any atom is 0.246 e. The number of H-pyrrole nitrogens is 1. The van der Waals surface area contributed by atoms with Crippen LogP contribution in [0.2, 0.25) is 0 Å². The number of nitrogens with one attached hydrogen (secondary N) is 3. The number of aromatic amines is 1. The molecule has 3 N–H and O–H groups in total. The molecular formula is C21H24N4O2. The van der Waals surface area contributed by atoms with E-state index in [2.05, 4.69) is 20.8 Å². The number of imidazole rings is 1. The molecule has 0 aliphatic rings. The van der Waals surface area contributed by atoms with Crippen LogP contribution < -0.4 is 10.9 Å². The Morgan fingerprint density at radius 1 is 1.04 bits per heavy atom. The van der Waals surface area contributed by atoms with Gasteiger partial charge in [0.15, 0.2) is 0 Å². The topological polar surface area (TPSA) is 86.9 Å². The zero-order valence-electron chi connectivity index (χ0n) is 15.5. The van der Waals surface area contributed by atoms with Crippen molar-refractivity contribution in [2.45, 2.75) is 32.6 Å². The van der Waals surface area contributed by atoms with E-state index in [1.165, 1.54) is 0 Å². The summed E-state index contributed by atoms with van der Waals surface area (Å²) in [6.07, 6.45) is 0.925. The molecule has 3 aromatic rings. The van der Waals surface area contributed by atoms with Crippen LogP contribution >= 0.6 is 0 Å². The fourth-order valence-electron chi connectivity index (χ4n) is 3.13. The standard InChI is InChI=1S/C21H24N4O2/c1-3-14(2)20(15-9-5-4-6-10-15)21(27)25-24-19(26)13-18-22-16-11-7-8-12-17(16)23-18/h4-12,14,20H,3,13H2,1-2H3,(H,22,23)(H,24,26)(H,25,27)/t14-,20-/m0/s1. The SMILES string of the molecule is CC[C@H](C)[C@H](C(=O)NNC(=O)Cc1nc2ccccc2[nH]1)c1ccccc1. The van der Waals surface area contributed by atoms with Gasteiger partial charge in [0.05, 0.1) is 23.4 Å². The summed E-state index contributed by atoms with van der Waals surface area (Å²) >= 11 is 0. The predicted molar refractivity (Wildman–Crippen MR) is 105 cm³/mol. The Bertz CT molecular complexity index is 887. The second kappa shape index (κ2) is 8.49. The first kappa shape index (κ1) is 18.6. The molecule has 2 amide bonds. The molecule has 140 valence electrons. The lowest BCUT2D eigenvalue weighted by Crippen LogP contribution is -2.45. The van der Waals surface area contributed by atoms with Gasteiger partial charge in [0.2, 0.25) is 11.8 Å². The first-order valence-corrected chi connectivity index (χ1v) is 9.15. The number of hydrazine groups is 1. The van der Waals surface area contributed by atoms with Crippen LogP contribution in [0.5, 0.6) is 0 Å². The van der Waals surface area contributed by atoms with E-state index in [0.717, 1.165) is 23.0 Å². The Hall–Kier alpha value is -3.15. The first-order chi connectivity index (χ1) is 13.1.